The molecule has 1 aromatic heterocycles. The highest BCUT2D eigenvalue weighted by Gasteiger charge is 2.54. The first kappa shape index (κ1) is 31.1. The Balaban J connectivity index is 1.39. The summed E-state index contributed by atoms with van der Waals surface area (Å²) in [7, 11) is 0. The van der Waals surface area contributed by atoms with Crippen molar-refractivity contribution < 1.29 is 0 Å². The van der Waals surface area contributed by atoms with Gasteiger partial charge in [-0.15, -0.1) is 0 Å². The molecule has 8 rings (SSSR count). The van der Waals surface area contributed by atoms with Gasteiger partial charge >= 0.3 is 0 Å². The first-order chi connectivity index (χ1) is 24.0. The van der Waals surface area contributed by atoms with Gasteiger partial charge in [0, 0.05) is 0 Å². The maximum absolute atomic E-state index is 5.45. The highest BCUT2D eigenvalue weighted by atomic mass is 15.1. The topological polar surface area (TPSA) is 17.8 Å². The SMILES string of the molecule is C/C=C\c1c(CC)c(CC)c(/C=C(C)/C(=C/C2=C(C)c3ccccc3C23c2ccccc2-n2c3nc3ccccc32)CC)c2ccccc12. The van der Waals surface area contributed by atoms with Crippen molar-refractivity contribution in [1.29, 1.82) is 0 Å². The van der Waals surface area contributed by atoms with Gasteiger partial charge in [-0.05, 0) is 130 Å². The summed E-state index contributed by atoms with van der Waals surface area (Å²) in [6.45, 7) is 13.7. The number of hydrogen-bond donors (Lipinski definition) is 0. The number of para-hydroxylation sites is 3. The van der Waals surface area contributed by atoms with Crippen molar-refractivity contribution in [3.63, 3.8) is 0 Å². The number of allylic oxidation sites excluding steroid dienone is 6. The molecule has 49 heavy (non-hydrogen) atoms. The van der Waals surface area contributed by atoms with Crippen LogP contribution >= 0.6 is 0 Å². The molecule has 0 radical (unpaired) electrons. The number of aromatic nitrogens is 2. The predicted octanol–water partition coefficient (Wildman–Crippen LogP) is 12.2. The molecule has 242 valence electrons. The highest BCUT2D eigenvalue weighted by molar-refractivity contribution is 6.00. The number of hydrogen-bond acceptors (Lipinski definition) is 1. The Hall–Kier alpha value is -5.21. The van der Waals surface area contributed by atoms with Crippen LogP contribution in [0.2, 0.25) is 0 Å². The minimum absolute atomic E-state index is 0.498. The molecule has 0 amide bonds. The lowest BCUT2D eigenvalue weighted by molar-refractivity contribution is 0.730. The van der Waals surface area contributed by atoms with Crippen molar-refractivity contribution in [2.75, 3.05) is 0 Å². The molecule has 0 N–H and O–H groups in total. The summed E-state index contributed by atoms with van der Waals surface area (Å²) >= 11 is 0. The summed E-state index contributed by atoms with van der Waals surface area (Å²) in [6, 6.07) is 35.5. The van der Waals surface area contributed by atoms with E-state index in [-0.39, 0.29) is 0 Å². The van der Waals surface area contributed by atoms with Crippen molar-refractivity contribution in [2.45, 2.75) is 66.2 Å². The lowest BCUT2D eigenvalue weighted by atomic mass is 9.71. The Morgan fingerprint density at radius 1 is 0.735 bits per heavy atom. The van der Waals surface area contributed by atoms with Gasteiger partial charge in [0.1, 0.15) is 11.2 Å². The van der Waals surface area contributed by atoms with Crippen LogP contribution in [-0.2, 0) is 18.3 Å². The lowest BCUT2D eigenvalue weighted by Gasteiger charge is -2.29. The van der Waals surface area contributed by atoms with Crippen molar-refractivity contribution in [1.82, 2.24) is 9.55 Å². The molecule has 5 aromatic carbocycles. The molecular formula is C47H44N2. The zero-order valence-corrected chi connectivity index (χ0v) is 29.6. The molecule has 1 unspecified atom stereocenters. The number of benzene rings is 5. The van der Waals surface area contributed by atoms with E-state index < -0.39 is 5.41 Å². The number of fused-ring (bicyclic) bond motifs is 10. The van der Waals surface area contributed by atoms with Crippen LogP contribution in [0, 0.1) is 0 Å². The van der Waals surface area contributed by atoms with E-state index in [0.29, 0.717) is 0 Å². The van der Waals surface area contributed by atoms with Gasteiger partial charge in [-0.2, -0.15) is 0 Å². The maximum Gasteiger partial charge on any atom is 0.134 e. The van der Waals surface area contributed by atoms with Gasteiger partial charge in [-0.25, -0.2) is 4.98 Å². The fourth-order valence-electron chi connectivity index (χ4n) is 8.99. The third kappa shape index (κ3) is 4.36. The van der Waals surface area contributed by atoms with Gasteiger partial charge in [-0.3, -0.25) is 4.57 Å². The lowest BCUT2D eigenvalue weighted by Crippen LogP contribution is -2.28. The van der Waals surface area contributed by atoms with Crippen LogP contribution < -0.4 is 0 Å². The molecule has 2 aliphatic rings. The minimum atomic E-state index is -0.498. The molecule has 2 heteroatoms. The summed E-state index contributed by atoms with van der Waals surface area (Å²) in [4.78, 5) is 5.45. The molecule has 2 heterocycles. The quantitative estimate of drug-likeness (QED) is 0.159. The minimum Gasteiger partial charge on any atom is -0.295 e. The van der Waals surface area contributed by atoms with Crippen LogP contribution in [0.3, 0.4) is 0 Å². The molecule has 0 bridgehead atoms. The normalized spacial score (nSPS) is 17.2. The average Bonchev–Trinajstić information content (AvgIpc) is 3.74. The molecule has 1 atom stereocenters. The zero-order chi connectivity index (χ0) is 33.9. The number of nitrogens with zero attached hydrogens (tertiary/aromatic N) is 2. The molecule has 1 aliphatic carbocycles. The van der Waals surface area contributed by atoms with E-state index in [1.165, 1.54) is 77.7 Å². The van der Waals surface area contributed by atoms with Gasteiger partial charge in [0.2, 0.25) is 0 Å². The molecule has 1 spiro atoms. The van der Waals surface area contributed by atoms with Crippen molar-refractivity contribution >= 4 is 39.5 Å². The zero-order valence-electron chi connectivity index (χ0n) is 29.6. The Morgan fingerprint density at radius 2 is 1.37 bits per heavy atom. The Labute approximate surface area is 290 Å². The fourth-order valence-corrected chi connectivity index (χ4v) is 8.99. The van der Waals surface area contributed by atoms with Gasteiger partial charge in [0.25, 0.3) is 0 Å². The van der Waals surface area contributed by atoms with Crippen LogP contribution in [-0.4, -0.2) is 9.55 Å². The fraction of sp³-hybridized carbons (Fsp3) is 0.213. The predicted molar refractivity (Wildman–Crippen MR) is 209 cm³/mol. The van der Waals surface area contributed by atoms with Gasteiger partial charge in [0.15, 0.2) is 0 Å². The molecule has 0 fully saturated rings. The number of imidazole rings is 1. The van der Waals surface area contributed by atoms with Crippen LogP contribution in [0.25, 0.3) is 45.2 Å². The van der Waals surface area contributed by atoms with Crippen LogP contribution in [0.1, 0.15) is 92.7 Å². The third-order valence-corrected chi connectivity index (χ3v) is 11.1. The molecule has 0 saturated heterocycles. The first-order valence-electron chi connectivity index (χ1n) is 18.0. The Kier molecular flexibility index (Phi) is 7.64. The smallest absolute Gasteiger partial charge is 0.134 e. The van der Waals surface area contributed by atoms with Crippen LogP contribution in [0.5, 0.6) is 0 Å². The summed E-state index contributed by atoms with van der Waals surface area (Å²) in [5.74, 6) is 1.09. The van der Waals surface area contributed by atoms with Crippen molar-refractivity contribution in [3.05, 3.63) is 171 Å². The van der Waals surface area contributed by atoms with E-state index in [9.17, 15) is 0 Å². The second kappa shape index (κ2) is 12.0. The second-order valence-corrected chi connectivity index (χ2v) is 13.5. The molecule has 2 nitrogen and oxygen atoms in total. The van der Waals surface area contributed by atoms with Crippen LogP contribution in [0.15, 0.2) is 126 Å². The van der Waals surface area contributed by atoms with E-state index >= 15 is 0 Å². The standard InChI is InChI=1S/C47H44N2/c1-7-19-36-33(9-3)34(10-4)39(38-22-12-11-21-37(36)38)28-30(5)32(8-2)29-42-31(6)35-20-13-14-23-40(35)47(42)41-24-15-17-26-44(41)49-45-27-18-16-25-43(45)48-46(47)49/h7,11-29H,8-10H2,1-6H3/b19-7-,30-28+,32-29+. The summed E-state index contributed by atoms with van der Waals surface area (Å²) in [5, 5.41) is 2.67. The molecular weight excluding hydrogens is 593 g/mol. The van der Waals surface area contributed by atoms with E-state index in [2.05, 4.69) is 167 Å². The average molecular weight is 637 g/mol. The third-order valence-electron chi connectivity index (χ3n) is 11.1. The maximum atomic E-state index is 5.45. The van der Waals surface area contributed by atoms with Gasteiger partial charge in [-0.1, -0.05) is 124 Å². The second-order valence-electron chi connectivity index (χ2n) is 13.5. The van der Waals surface area contributed by atoms with Crippen LogP contribution in [0.4, 0.5) is 0 Å². The van der Waals surface area contributed by atoms with Gasteiger partial charge < -0.3 is 0 Å². The Bertz CT molecular complexity index is 2420. The summed E-state index contributed by atoms with van der Waals surface area (Å²) in [6.07, 6.45) is 12.4. The first-order valence-corrected chi connectivity index (χ1v) is 18.0. The monoisotopic (exact) mass is 636 g/mol. The Morgan fingerprint density at radius 3 is 2.10 bits per heavy atom. The van der Waals surface area contributed by atoms with Crippen molar-refractivity contribution in [2.24, 2.45) is 0 Å². The summed E-state index contributed by atoms with van der Waals surface area (Å²) < 4.78 is 2.42. The summed E-state index contributed by atoms with van der Waals surface area (Å²) in [5.41, 5.74) is 17.8. The van der Waals surface area contributed by atoms with E-state index in [4.69, 9.17) is 4.98 Å². The largest absolute Gasteiger partial charge is 0.295 e. The molecule has 0 saturated carbocycles. The molecule has 1 aliphatic heterocycles. The van der Waals surface area contributed by atoms with Crippen molar-refractivity contribution in [3.8, 4) is 5.69 Å². The van der Waals surface area contributed by atoms with E-state index in [1.807, 2.05) is 0 Å². The number of rotatable bonds is 7. The van der Waals surface area contributed by atoms with Gasteiger partial charge in [0.05, 0.1) is 16.7 Å². The van der Waals surface area contributed by atoms with E-state index in [0.717, 1.165) is 36.1 Å². The highest BCUT2D eigenvalue weighted by Crippen LogP contribution is 2.59. The van der Waals surface area contributed by atoms with E-state index in [1.54, 1.807) is 0 Å². The molecule has 6 aromatic rings.